The van der Waals surface area contributed by atoms with Gasteiger partial charge in [0.1, 0.15) is 69.6 Å². The topological polar surface area (TPSA) is 339 Å². The van der Waals surface area contributed by atoms with Gasteiger partial charge in [0.25, 0.3) is 31.9 Å². The smallest absolute Gasteiger partial charge is 0.324 e. The molecule has 6 aromatic heterocycles. The van der Waals surface area contributed by atoms with Gasteiger partial charge in [0.15, 0.2) is 0 Å². The third kappa shape index (κ3) is 18.9. The highest BCUT2D eigenvalue weighted by Crippen LogP contribution is 2.57. The Kier molecular flexibility index (Phi) is 24.7. The van der Waals surface area contributed by atoms with Crippen LogP contribution in [0.1, 0.15) is 109 Å². The second kappa shape index (κ2) is 35.4. The molecule has 614 valence electrons. The van der Waals surface area contributed by atoms with E-state index in [-0.39, 0.29) is 55.5 Å². The molecule has 4 N–H and O–H groups in total. The van der Waals surface area contributed by atoms with Crippen LogP contribution in [0.3, 0.4) is 0 Å². The van der Waals surface area contributed by atoms with Crippen molar-refractivity contribution < 1.29 is 60.0 Å². The third-order valence-corrected chi connectivity index (χ3v) is 26.7. The maximum Gasteiger partial charge on any atom is 0.324 e. The number of rotatable bonds is 29. The van der Waals surface area contributed by atoms with Crippen molar-refractivity contribution in [1.29, 1.82) is 0 Å². The minimum absolute atomic E-state index is 0.0136. The lowest BCUT2D eigenvalue weighted by Gasteiger charge is -2.47. The molecule has 2 spiro atoms. The van der Waals surface area contributed by atoms with Gasteiger partial charge < -0.3 is 63.7 Å². The molecule has 0 radical (unpaired) electrons. The number of hydrogen-bond donors (Lipinski definition) is 4. The Morgan fingerprint density at radius 2 is 0.940 bits per heavy atom. The quantitative estimate of drug-likeness (QED) is 0.0192. The van der Waals surface area contributed by atoms with Crippen molar-refractivity contribution in [3.05, 3.63) is 222 Å². The molecule has 29 nitrogen and oxygen atoms in total. The Labute approximate surface area is 687 Å². The fourth-order valence-electron chi connectivity index (χ4n) is 16.8. The van der Waals surface area contributed by atoms with Crippen molar-refractivity contribution >= 4 is 111 Å². The van der Waals surface area contributed by atoms with Crippen molar-refractivity contribution in [3.63, 3.8) is 0 Å². The number of sulfonamides is 2. The SMILES string of the molecule is COCCOCCn1cc(S(=O)(=O)NC(=O)c2ccc(N3CCN(CC4=C(c5ccc(Cl)cc5)CC5(CCC5)CC4)CC3)cc2Oc2cnc3[nH]ccc3c2)cc1[N+](=O)[O-].COCCn1cc(S(=O)(=O)NC(=O)c2ccc(N3CCN(CC4=C(c5ccc(Cl)cc5)CC5(CCC5)CC4)CC3)cc2Oc2cnc3[nH]ccc3c2)cc1[N+](=O)[O-]. The number of halogens is 2. The first-order chi connectivity index (χ1) is 56.5. The molecule has 16 rings (SSSR count). The summed E-state index contributed by atoms with van der Waals surface area (Å²) in [5.74, 6) is -1.86. The maximum absolute atomic E-state index is 13.8. The van der Waals surface area contributed by atoms with Crippen LogP contribution in [-0.2, 0) is 47.3 Å². The summed E-state index contributed by atoms with van der Waals surface area (Å²) in [5.41, 5.74) is 12.3. The van der Waals surface area contributed by atoms with Crippen molar-refractivity contribution in [3.8, 4) is 23.0 Å². The first-order valence-electron chi connectivity index (χ1n) is 39.3. The van der Waals surface area contributed by atoms with Crippen LogP contribution in [0.25, 0.3) is 33.2 Å². The number of carbonyl (C=O) groups is 2. The lowest BCUT2D eigenvalue weighted by Crippen LogP contribution is -2.47. The van der Waals surface area contributed by atoms with E-state index in [1.165, 1.54) is 124 Å². The number of nitro groups is 2. The summed E-state index contributed by atoms with van der Waals surface area (Å²) in [4.78, 5) is 73.2. The largest absolute Gasteiger partial charge is 0.455 e. The third-order valence-electron chi connectivity index (χ3n) is 23.6. The van der Waals surface area contributed by atoms with Gasteiger partial charge in [0.2, 0.25) is 0 Å². The lowest BCUT2D eigenvalue weighted by molar-refractivity contribution is -0.392. The number of aromatic nitrogens is 6. The first kappa shape index (κ1) is 81.7. The van der Waals surface area contributed by atoms with Crippen LogP contribution in [0.5, 0.6) is 23.0 Å². The molecular weight excluding hydrogens is 1580 g/mol. The number of amides is 2. The summed E-state index contributed by atoms with van der Waals surface area (Å²) in [6.07, 6.45) is 23.6. The number of nitrogens with one attached hydrogen (secondary N) is 4. The zero-order valence-electron chi connectivity index (χ0n) is 65.0. The zero-order chi connectivity index (χ0) is 81.6. The average molecular weight is 1670 g/mol. The molecule has 2 aliphatic heterocycles. The minimum atomic E-state index is -4.55. The van der Waals surface area contributed by atoms with E-state index in [0.29, 0.717) is 40.2 Å². The van der Waals surface area contributed by atoms with Gasteiger partial charge in [0.05, 0.1) is 62.1 Å². The molecule has 2 saturated heterocycles. The molecule has 4 aromatic carbocycles. The Morgan fingerprint density at radius 1 is 0.521 bits per heavy atom. The van der Waals surface area contributed by atoms with Gasteiger partial charge in [-0.2, -0.15) is 0 Å². The standard InChI is InChI=1S/C43H48ClN7O8S.C41H44ClN7O7S/c1-57-21-22-58-20-19-50-29-36(25-40(50)51(53)54)60(55,56)47-42(52)37-8-7-34(24-39(37)59-35-23-31-10-14-45-41(31)46-27-35)49-17-15-48(16-18-49)28-32-9-13-43(11-2-12-43)26-38(32)30-3-5-33(44)6-4-30;1-55-20-19-48-27-34(23-38(48)49(51)52)57(53,54)45-40(50)35-8-7-32(22-37(35)56-33-21-29-10-14-43-39(29)44-25-33)47-17-15-46(16-18-47)26-30-9-13-41(11-2-12-41)24-36(30)28-3-5-31(42)6-4-28/h3-8,10,14,23-25,27,29H,2,9,11-13,15-22,26,28H2,1H3,(H,45,46)(H,47,52);3-8,10,14,21-23,25,27H,2,9,11-13,15-20,24,26H2,1H3,(H,43,44)(H,45,50). The summed E-state index contributed by atoms with van der Waals surface area (Å²) in [7, 11) is -6.12. The average Bonchev–Trinajstić information content (AvgIpc) is 1.56. The van der Waals surface area contributed by atoms with E-state index in [1.807, 2.05) is 36.4 Å². The van der Waals surface area contributed by atoms with E-state index in [1.54, 1.807) is 48.8 Å². The van der Waals surface area contributed by atoms with Gasteiger partial charge in [-0.3, -0.25) is 19.4 Å². The van der Waals surface area contributed by atoms with E-state index >= 15 is 0 Å². The molecule has 2 amide bonds. The summed E-state index contributed by atoms with van der Waals surface area (Å²) in [6, 6.07) is 35.8. The van der Waals surface area contributed by atoms with Crippen molar-refractivity contribution in [2.45, 2.75) is 99.9 Å². The molecule has 0 atom stereocenters. The van der Waals surface area contributed by atoms with Gasteiger partial charge in [-0.25, -0.2) is 45.4 Å². The highest BCUT2D eigenvalue weighted by molar-refractivity contribution is 7.90. The maximum atomic E-state index is 13.8. The Bertz CT molecular complexity index is 5650. The van der Waals surface area contributed by atoms with Gasteiger partial charge in [-0.15, -0.1) is 0 Å². The Balaban J connectivity index is 0.000000184. The van der Waals surface area contributed by atoms with Crippen LogP contribution >= 0.6 is 23.2 Å². The predicted molar refractivity (Wildman–Crippen MR) is 446 cm³/mol. The molecule has 10 aromatic rings. The number of aromatic amines is 2. The fraction of sp³-hybridized carbons (Fsp3) is 0.381. The summed E-state index contributed by atoms with van der Waals surface area (Å²) < 4.78 is 88.5. The number of benzene rings is 4. The van der Waals surface area contributed by atoms with Crippen molar-refractivity contribution in [2.75, 3.05) is 116 Å². The molecular formula is C84H92Cl2N14O15S2. The molecule has 0 bridgehead atoms. The van der Waals surface area contributed by atoms with E-state index in [9.17, 15) is 46.7 Å². The van der Waals surface area contributed by atoms with Gasteiger partial charge in [-0.1, -0.05) is 71.5 Å². The number of nitrogens with zero attached hydrogens (tertiary/aromatic N) is 10. The molecule has 33 heteroatoms. The number of H-pyrrole nitrogens is 2. The predicted octanol–water partition coefficient (Wildman–Crippen LogP) is 14.8. The molecule has 117 heavy (non-hydrogen) atoms. The summed E-state index contributed by atoms with van der Waals surface area (Å²) in [6.45, 7) is 8.98. The molecule has 6 aliphatic rings. The summed E-state index contributed by atoms with van der Waals surface area (Å²) in [5, 5.41) is 26.5. The van der Waals surface area contributed by atoms with E-state index in [4.69, 9.17) is 46.9 Å². The molecule has 0 unspecified atom stereocenters. The number of methoxy groups -OCH3 is 2. The van der Waals surface area contributed by atoms with Crippen LogP contribution in [0, 0.1) is 31.1 Å². The lowest BCUT2D eigenvalue weighted by atomic mass is 9.59. The second-order valence-corrected chi connectivity index (χ2v) is 35.2. The number of ether oxygens (including phenoxy) is 5. The number of hydrogen-bond acceptors (Lipinski definition) is 21. The highest BCUT2D eigenvalue weighted by atomic mass is 35.5. The minimum Gasteiger partial charge on any atom is -0.455 e. The van der Waals surface area contributed by atoms with E-state index < -0.39 is 63.1 Å². The van der Waals surface area contributed by atoms with Crippen molar-refractivity contribution in [2.24, 2.45) is 10.8 Å². The molecule has 4 fully saturated rings. The fourth-order valence-corrected chi connectivity index (χ4v) is 19.0. The van der Waals surface area contributed by atoms with E-state index in [0.717, 1.165) is 157 Å². The Morgan fingerprint density at radius 3 is 1.33 bits per heavy atom. The number of anilines is 2. The van der Waals surface area contributed by atoms with E-state index in [2.05, 4.69) is 73.2 Å². The second-order valence-electron chi connectivity index (χ2n) is 30.9. The number of pyridine rings is 2. The zero-order valence-corrected chi connectivity index (χ0v) is 68.1. The number of carbonyl (C=O) groups excluding carboxylic acids is 2. The Hall–Kier alpha value is -10.5. The van der Waals surface area contributed by atoms with Crippen LogP contribution in [0.15, 0.2) is 179 Å². The van der Waals surface area contributed by atoms with Crippen LogP contribution < -0.4 is 28.7 Å². The van der Waals surface area contributed by atoms with Crippen molar-refractivity contribution in [1.82, 2.24) is 48.3 Å². The molecule has 4 aliphatic carbocycles. The monoisotopic (exact) mass is 1670 g/mol. The van der Waals surface area contributed by atoms with Gasteiger partial charge in [0, 0.05) is 136 Å². The van der Waals surface area contributed by atoms with Crippen LogP contribution in [-0.4, -0.2) is 183 Å². The number of allylic oxidation sites excluding steroid dienone is 2. The molecule has 2 saturated carbocycles. The number of piperazine rings is 2. The van der Waals surface area contributed by atoms with Gasteiger partial charge in [-0.05, 0) is 180 Å². The van der Waals surface area contributed by atoms with Gasteiger partial charge >= 0.3 is 11.6 Å². The first-order valence-corrected chi connectivity index (χ1v) is 43.0. The van der Waals surface area contributed by atoms with Crippen LogP contribution in [0.4, 0.5) is 23.0 Å². The normalized spacial score (nSPS) is 17.1. The molecule has 8 heterocycles. The van der Waals surface area contributed by atoms with Crippen LogP contribution in [0.2, 0.25) is 10.0 Å². The number of fused-ring (bicyclic) bond motifs is 2. The summed E-state index contributed by atoms with van der Waals surface area (Å²) >= 11 is 12.5. The highest BCUT2D eigenvalue weighted by Gasteiger charge is 2.43.